The SMILES string of the molecule is O=C(NCc1cc(-c2cnc(C(F)(F)F)cn2)ncn1)[C@@H]1C[C@@H](F)C2(CC2)N1S(=O)(=O)c1ccc(F)cc1. The molecule has 1 aliphatic carbocycles. The molecule has 0 bridgehead atoms. The summed E-state index contributed by atoms with van der Waals surface area (Å²) in [4.78, 5) is 27.9. The van der Waals surface area contributed by atoms with Crippen molar-refractivity contribution in [1.82, 2.24) is 29.6 Å². The van der Waals surface area contributed by atoms with Crippen LogP contribution in [0.1, 0.15) is 30.7 Å². The van der Waals surface area contributed by atoms with E-state index < -0.39 is 51.4 Å². The van der Waals surface area contributed by atoms with Gasteiger partial charge in [-0.3, -0.25) is 9.78 Å². The number of hydrogen-bond acceptors (Lipinski definition) is 7. The molecule has 1 N–H and O–H groups in total. The van der Waals surface area contributed by atoms with Crippen LogP contribution in [0.5, 0.6) is 0 Å². The number of halogens is 5. The Labute approximate surface area is 213 Å². The van der Waals surface area contributed by atoms with Crippen LogP contribution in [-0.2, 0) is 27.5 Å². The minimum Gasteiger partial charge on any atom is -0.349 e. The van der Waals surface area contributed by atoms with Crippen LogP contribution in [0.2, 0.25) is 0 Å². The Bertz CT molecular complexity index is 1460. The Morgan fingerprint density at radius 3 is 2.37 bits per heavy atom. The molecule has 9 nitrogen and oxygen atoms in total. The molecule has 1 saturated carbocycles. The van der Waals surface area contributed by atoms with Gasteiger partial charge in [0, 0.05) is 6.42 Å². The third-order valence-corrected chi connectivity index (χ3v) is 8.55. The molecule has 5 rings (SSSR count). The van der Waals surface area contributed by atoms with E-state index in [0.29, 0.717) is 6.20 Å². The van der Waals surface area contributed by atoms with Crippen LogP contribution in [0.4, 0.5) is 22.0 Å². The maximum atomic E-state index is 15.0. The first-order valence-corrected chi connectivity index (χ1v) is 12.8. The quantitative estimate of drug-likeness (QED) is 0.466. The van der Waals surface area contributed by atoms with Gasteiger partial charge in [-0.1, -0.05) is 0 Å². The largest absolute Gasteiger partial charge is 0.434 e. The molecule has 1 saturated heterocycles. The highest BCUT2D eigenvalue weighted by Gasteiger charge is 2.67. The lowest BCUT2D eigenvalue weighted by Crippen LogP contribution is -2.50. The summed E-state index contributed by atoms with van der Waals surface area (Å²) in [5, 5.41) is 2.55. The van der Waals surface area contributed by atoms with E-state index in [-0.39, 0.29) is 47.8 Å². The second-order valence-electron chi connectivity index (χ2n) is 8.97. The third-order valence-electron chi connectivity index (χ3n) is 6.54. The summed E-state index contributed by atoms with van der Waals surface area (Å²) in [5.41, 5.74) is -2.06. The second-order valence-corrected chi connectivity index (χ2v) is 10.8. The van der Waals surface area contributed by atoms with Gasteiger partial charge in [0.1, 0.15) is 30.1 Å². The maximum Gasteiger partial charge on any atom is 0.434 e. The van der Waals surface area contributed by atoms with Gasteiger partial charge < -0.3 is 5.32 Å². The van der Waals surface area contributed by atoms with E-state index in [4.69, 9.17) is 0 Å². The van der Waals surface area contributed by atoms with Gasteiger partial charge in [-0.2, -0.15) is 17.5 Å². The molecule has 1 aromatic carbocycles. The molecule has 2 aromatic heterocycles. The minimum absolute atomic E-state index is 0.0382. The molecule has 2 fully saturated rings. The molecule has 0 unspecified atom stereocenters. The van der Waals surface area contributed by atoms with Gasteiger partial charge in [0.15, 0.2) is 5.69 Å². The molecule has 38 heavy (non-hydrogen) atoms. The van der Waals surface area contributed by atoms with Crippen molar-refractivity contribution in [3.8, 4) is 11.4 Å². The lowest BCUT2D eigenvalue weighted by Gasteiger charge is -2.29. The van der Waals surface area contributed by atoms with Crippen molar-refractivity contribution >= 4 is 15.9 Å². The first-order chi connectivity index (χ1) is 17.9. The molecule has 3 heterocycles. The Hall–Kier alpha value is -3.59. The normalized spacial score (nSPS) is 21.0. The van der Waals surface area contributed by atoms with E-state index in [1.165, 1.54) is 6.07 Å². The monoisotopic (exact) mass is 554 g/mol. The number of hydrogen-bond donors (Lipinski definition) is 1. The number of nitrogens with one attached hydrogen (secondary N) is 1. The van der Waals surface area contributed by atoms with E-state index in [1.54, 1.807) is 0 Å². The van der Waals surface area contributed by atoms with E-state index in [0.717, 1.165) is 41.1 Å². The lowest BCUT2D eigenvalue weighted by atomic mass is 10.1. The molecular formula is C23H19F5N6O3S. The van der Waals surface area contributed by atoms with Gasteiger partial charge in [0.2, 0.25) is 15.9 Å². The summed E-state index contributed by atoms with van der Waals surface area (Å²) in [5.74, 6) is -1.40. The fourth-order valence-corrected chi connectivity index (χ4v) is 6.50. The van der Waals surface area contributed by atoms with E-state index in [1.807, 2.05) is 0 Å². The second kappa shape index (κ2) is 9.31. The Morgan fingerprint density at radius 2 is 1.76 bits per heavy atom. The lowest BCUT2D eigenvalue weighted by molar-refractivity contribution is -0.141. The Balaban J connectivity index is 1.33. The van der Waals surface area contributed by atoms with E-state index >= 15 is 0 Å². The summed E-state index contributed by atoms with van der Waals surface area (Å²) in [6, 6.07) is 4.10. The number of carbonyl (C=O) groups excluding carboxylic acids is 1. The average molecular weight is 555 g/mol. The third kappa shape index (κ3) is 4.71. The standard InChI is InChI=1S/C23H19F5N6O3S/c24-13-1-3-15(4-2-13)38(36,37)34-18(8-19(25)22(34)5-6-22)21(35)31-9-14-7-16(33-12-32-14)17-10-30-20(11-29-17)23(26,27)28/h1-4,7,10-12,18-19H,5-6,8-9H2,(H,31,35)/t18-,19+/m0/s1. The van der Waals surface area contributed by atoms with Gasteiger partial charge >= 0.3 is 6.18 Å². The zero-order valence-electron chi connectivity index (χ0n) is 19.4. The summed E-state index contributed by atoms with van der Waals surface area (Å²) in [7, 11) is -4.32. The van der Waals surface area contributed by atoms with Crippen LogP contribution in [0.25, 0.3) is 11.4 Å². The highest BCUT2D eigenvalue weighted by Crippen LogP contribution is 2.55. The zero-order chi connectivity index (χ0) is 27.3. The highest BCUT2D eigenvalue weighted by atomic mass is 32.2. The predicted molar refractivity (Wildman–Crippen MR) is 121 cm³/mol. The van der Waals surface area contributed by atoms with E-state index in [2.05, 4.69) is 25.3 Å². The summed E-state index contributed by atoms with van der Waals surface area (Å²) in [6.07, 6.45) is -3.46. The van der Waals surface area contributed by atoms with E-state index in [9.17, 15) is 35.2 Å². The number of alkyl halides is 4. The number of sulfonamides is 1. The van der Waals surface area contributed by atoms with Crippen molar-refractivity contribution in [1.29, 1.82) is 0 Å². The number of carbonyl (C=O) groups is 1. The summed E-state index contributed by atoms with van der Waals surface area (Å²) in [6.45, 7) is -0.201. The Kier molecular flexibility index (Phi) is 6.38. The average Bonchev–Trinajstić information content (AvgIpc) is 3.62. The number of aromatic nitrogens is 4. The molecule has 0 radical (unpaired) electrons. The van der Waals surface area contributed by atoms with Crippen molar-refractivity contribution in [2.75, 3.05) is 0 Å². The predicted octanol–water partition coefficient (Wildman–Crippen LogP) is 3.04. The molecule has 3 aromatic rings. The smallest absolute Gasteiger partial charge is 0.349 e. The summed E-state index contributed by atoms with van der Waals surface area (Å²) >= 11 is 0. The van der Waals surface area contributed by atoms with Crippen LogP contribution >= 0.6 is 0 Å². The first kappa shape index (κ1) is 26.0. The minimum atomic E-state index is -4.65. The van der Waals surface area contributed by atoms with Gasteiger partial charge in [0.25, 0.3) is 0 Å². The van der Waals surface area contributed by atoms with Crippen LogP contribution in [-0.4, -0.2) is 56.3 Å². The molecule has 2 atom stereocenters. The van der Waals surface area contributed by atoms with Crippen molar-refractivity contribution < 1.29 is 35.2 Å². The van der Waals surface area contributed by atoms with Crippen LogP contribution in [0.3, 0.4) is 0 Å². The van der Waals surface area contributed by atoms with Crippen molar-refractivity contribution in [2.45, 2.75) is 54.6 Å². The molecule has 1 amide bonds. The molecule has 200 valence electrons. The highest BCUT2D eigenvalue weighted by molar-refractivity contribution is 7.89. The molecular weight excluding hydrogens is 535 g/mol. The summed E-state index contributed by atoms with van der Waals surface area (Å²) < 4.78 is 94.2. The molecule has 1 aliphatic heterocycles. The zero-order valence-corrected chi connectivity index (χ0v) is 20.2. The van der Waals surface area contributed by atoms with Crippen molar-refractivity contribution in [2.24, 2.45) is 0 Å². The maximum absolute atomic E-state index is 15.0. The molecule has 15 heteroatoms. The number of nitrogens with zero attached hydrogens (tertiary/aromatic N) is 5. The fraction of sp³-hybridized carbons (Fsp3) is 0.348. The van der Waals surface area contributed by atoms with Crippen LogP contribution < -0.4 is 5.32 Å². The van der Waals surface area contributed by atoms with Gasteiger partial charge in [-0.25, -0.2) is 32.2 Å². The number of benzene rings is 1. The van der Waals surface area contributed by atoms with Gasteiger partial charge in [-0.05, 0) is 43.2 Å². The van der Waals surface area contributed by atoms with Crippen LogP contribution in [0, 0.1) is 5.82 Å². The van der Waals surface area contributed by atoms with Crippen molar-refractivity contribution in [3.63, 3.8) is 0 Å². The number of amides is 1. The number of rotatable bonds is 6. The van der Waals surface area contributed by atoms with Gasteiger partial charge in [0.05, 0.1) is 40.8 Å². The molecule has 2 aliphatic rings. The van der Waals surface area contributed by atoms with Crippen LogP contribution in [0.15, 0.2) is 53.9 Å². The first-order valence-electron chi connectivity index (χ1n) is 11.3. The molecule has 1 spiro atoms. The fourth-order valence-electron chi connectivity index (χ4n) is 4.50. The van der Waals surface area contributed by atoms with Gasteiger partial charge in [-0.15, -0.1) is 0 Å². The Morgan fingerprint density at radius 1 is 1.05 bits per heavy atom. The van der Waals surface area contributed by atoms with Crippen molar-refractivity contribution in [3.05, 3.63) is 66.3 Å². The topological polar surface area (TPSA) is 118 Å².